The maximum absolute atomic E-state index is 11.1. The number of nitrogens with one attached hydrogen (secondary N) is 2. The second kappa shape index (κ2) is 5.19. The van der Waals surface area contributed by atoms with Crippen molar-refractivity contribution in [1.29, 1.82) is 0 Å². The lowest BCUT2D eigenvalue weighted by Gasteiger charge is -2.10. The second-order valence-electron chi connectivity index (χ2n) is 3.52. The van der Waals surface area contributed by atoms with Gasteiger partial charge in [0, 0.05) is 19.7 Å². The van der Waals surface area contributed by atoms with Crippen molar-refractivity contribution < 1.29 is 9.53 Å². The van der Waals surface area contributed by atoms with Crippen LogP contribution in [0.5, 0.6) is 0 Å². The Bertz CT molecular complexity index is 169. The van der Waals surface area contributed by atoms with Crippen molar-refractivity contribution in [3.8, 4) is 0 Å². The molecule has 0 spiro atoms. The van der Waals surface area contributed by atoms with Crippen molar-refractivity contribution in [2.75, 3.05) is 20.2 Å². The van der Waals surface area contributed by atoms with Gasteiger partial charge in [-0.2, -0.15) is 0 Å². The summed E-state index contributed by atoms with van der Waals surface area (Å²) in [4.78, 5) is 11.1. The van der Waals surface area contributed by atoms with Crippen LogP contribution in [-0.4, -0.2) is 38.3 Å². The van der Waals surface area contributed by atoms with E-state index >= 15 is 0 Å². The molecule has 13 heavy (non-hydrogen) atoms. The van der Waals surface area contributed by atoms with Gasteiger partial charge in [0.1, 0.15) is 0 Å². The fraction of sp³-hybridized carbons (Fsp3) is 0.889. The predicted octanol–water partition coefficient (Wildman–Crippen LogP) is -0.110. The fourth-order valence-corrected chi connectivity index (χ4v) is 0.979. The molecule has 1 amide bonds. The van der Waals surface area contributed by atoms with Crippen molar-refractivity contribution in [2.24, 2.45) is 0 Å². The number of ether oxygens (including phenoxy) is 1. The molecule has 0 aromatic heterocycles. The van der Waals surface area contributed by atoms with Gasteiger partial charge in [-0.1, -0.05) is 0 Å². The third kappa shape index (κ3) is 4.85. The normalized spacial score (nSPS) is 18.3. The summed E-state index contributed by atoms with van der Waals surface area (Å²) < 4.78 is 5.03. The molecule has 0 aliphatic heterocycles. The molecular weight excluding hydrogens is 168 g/mol. The first-order valence-corrected chi connectivity index (χ1v) is 4.75. The van der Waals surface area contributed by atoms with E-state index in [9.17, 15) is 4.79 Å². The summed E-state index contributed by atoms with van der Waals surface area (Å²) >= 11 is 0. The van der Waals surface area contributed by atoms with E-state index in [4.69, 9.17) is 4.74 Å². The van der Waals surface area contributed by atoms with E-state index in [2.05, 4.69) is 10.6 Å². The molecule has 4 heteroatoms. The molecule has 4 nitrogen and oxygen atoms in total. The number of methoxy groups -OCH3 is 1. The Hall–Kier alpha value is -0.610. The summed E-state index contributed by atoms with van der Waals surface area (Å²) in [5, 5.41) is 5.94. The van der Waals surface area contributed by atoms with Gasteiger partial charge in [-0.15, -0.1) is 0 Å². The minimum atomic E-state index is 0.0887. The molecule has 1 saturated carbocycles. The first-order valence-electron chi connectivity index (χ1n) is 4.75. The summed E-state index contributed by atoms with van der Waals surface area (Å²) in [6.07, 6.45) is 2.44. The molecular formula is C9H18N2O2. The molecule has 0 bridgehead atoms. The largest absolute Gasteiger partial charge is 0.380 e. The standard InChI is InChI=1S/C9H18N2O2/c1-7(13-2)5-10-6-9(12)11-8-3-4-8/h7-8,10H,3-6H2,1-2H3,(H,11,12). The zero-order valence-electron chi connectivity index (χ0n) is 8.30. The van der Waals surface area contributed by atoms with Gasteiger partial charge in [0.2, 0.25) is 5.91 Å². The van der Waals surface area contributed by atoms with E-state index in [0.717, 1.165) is 12.8 Å². The van der Waals surface area contributed by atoms with Gasteiger partial charge in [0.25, 0.3) is 0 Å². The Kier molecular flexibility index (Phi) is 4.18. The summed E-state index contributed by atoms with van der Waals surface area (Å²) in [5.41, 5.74) is 0. The summed E-state index contributed by atoms with van der Waals surface area (Å²) in [6, 6.07) is 0.453. The highest BCUT2D eigenvalue weighted by Crippen LogP contribution is 2.18. The first-order chi connectivity index (χ1) is 6.22. The van der Waals surface area contributed by atoms with Gasteiger partial charge in [-0.05, 0) is 19.8 Å². The first kappa shape index (κ1) is 10.5. The van der Waals surface area contributed by atoms with Crippen LogP contribution in [-0.2, 0) is 9.53 Å². The van der Waals surface area contributed by atoms with Crippen LogP contribution in [0.15, 0.2) is 0 Å². The molecule has 76 valence electrons. The van der Waals surface area contributed by atoms with Crippen molar-refractivity contribution in [3.05, 3.63) is 0 Å². The molecule has 0 heterocycles. The van der Waals surface area contributed by atoms with Crippen molar-refractivity contribution in [1.82, 2.24) is 10.6 Å². The number of carbonyl (C=O) groups excluding carboxylic acids is 1. The average molecular weight is 186 g/mol. The summed E-state index contributed by atoms with van der Waals surface area (Å²) in [5.74, 6) is 0.0887. The molecule has 0 aromatic carbocycles. The highest BCUT2D eigenvalue weighted by Gasteiger charge is 2.22. The number of amides is 1. The number of carbonyl (C=O) groups is 1. The molecule has 1 fully saturated rings. The molecule has 1 rings (SSSR count). The second-order valence-corrected chi connectivity index (χ2v) is 3.52. The van der Waals surface area contributed by atoms with Crippen molar-refractivity contribution in [3.63, 3.8) is 0 Å². The van der Waals surface area contributed by atoms with Gasteiger partial charge in [-0.25, -0.2) is 0 Å². The number of rotatable bonds is 6. The zero-order chi connectivity index (χ0) is 9.68. The van der Waals surface area contributed by atoms with Crippen molar-refractivity contribution >= 4 is 5.91 Å². The molecule has 0 saturated heterocycles. The Morgan fingerprint density at radius 3 is 2.85 bits per heavy atom. The number of hydrogen-bond acceptors (Lipinski definition) is 3. The van der Waals surface area contributed by atoms with E-state index in [1.807, 2.05) is 6.92 Å². The molecule has 0 radical (unpaired) electrons. The van der Waals surface area contributed by atoms with Crippen molar-refractivity contribution in [2.45, 2.75) is 31.9 Å². The van der Waals surface area contributed by atoms with E-state index in [1.54, 1.807) is 7.11 Å². The predicted molar refractivity (Wildman–Crippen MR) is 50.5 cm³/mol. The molecule has 2 N–H and O–H groups in total. The van der Waals surface area contributed by atoms with Gasteiger partial charge in [-0.3, -0.25) is 4.79 Å². The zero-order valence-corrected chi connectivity index (χ0v) is 8.30. The fourth-order valence-electron chi connectivity index (χ4n) is 0.979. The van der Waals surface area contributed by atoms with E-state index in [1.165, 1.54) is 0 Å². The third-order valence-electron chi connectivity index (χ3n) is 2.06. The Morgan fingerprint density at radius 2 is 2.31 bits per heavy atom. The molecule has 1 aliphatic rings. The Balaban J connectivity index is 1.94. The highest BCUT2D eigenvalue weighted by molar-refractivity contribution is 5.78. The molecule has 0 aromatic rings. The van der Waals surface area contributed by atoms with Crippen LogP contribution in [0.2, 0.25) is 0 Å². The maximum atomic E-state index is 11.1. The Labute approximate surface area is 79.0 Å². The molecule has 1 atom stereocenters. The summed E-state index contributed by atoms with van der Waals surface area (Å²) in [7, 11) is 1.66. The molecule has 1 aliphatic carbocycles. The van der Waals surface area contributed by atoms with Crippen LogP contribution in [0.3, 0.4) is 0 Å². The number of hydrogen-bond donors (Lipinski definition) is 2. The van der Waals surface area contributed by atoms with Gasteiger partial charge >= 0.3 is 0 Å². The van der Waals surface area contributed by atoms with Gasteiger partial charge in [0.15, 0.2) is 0 Å². The highest BCUT2D eigenvalue weighted by atomic mass is 16.5. The maximum Gasteiger partial charge on any atom is 0.234 e. The van der Waals surface area contributed by atoms with Crippen LogP contribution < -0.4 is 10.6 Å². The minimum Gasteiger partial charge on any atom is -0.380 e. The Morgan fingerprint density at radius 1 is 1.62 bits per heavy atom. The molecule has 1 unspecified atom stereocenters. The van der Waals surface area contributed by atoms with E-state index in [0.29, 0.717) is 19.1 Å². The minimum absolute atomic E-state index is 0.0887. The van der Waals surface area contributed by atoms with Gasteiger partial charge in [0.05, 0.1) is 12.6 Å². The van der Waals surface area contributed by atoms with Crippen LogP contribution in [0, 0.1) is 0 Å². The van der Waals surface area contributed by atoms with Gasteiger partial charge < -0.3 is 15.4 Å². The lowest BCUT2D eigenvalue weighted by molar-refractivity contribution is -0.120. The topological polar surface area (TPSA) is 50.4 Å². The van der Waals surface area contributed by atoms with Crippen LogP contribution in [0.4, 0.5) is 0 Å². The summed E-state index contributed by atoms with van der Waals surface area (Å²) in [6.45, 7) is 3.07. The quantitative estimate of drug-likeness (QED) is 0.608. The SMILES string of the molecule is COC(C)CNCC(=O)NC1CC1. The van der Waals surface area contributed by atoms with E-state index < -0.39 is 0 Å². The van der Waals surface area contributed by atoms with Crippen LogP contribution >= 0.6 is 0 Å². The monoisotopic (exact) mass is 186 g/mol. The van der Waals surface area contributed by atoms with Crippen LogP contribution in [0.25, 0.3) is 0 Å². The lowest BCUT2D eigenvalue weighted by atomic mass is 10.4. The average Bonchev–Trinajstić information content (AvgIpc) is 2.88. The smallest absolute Gasteiger partial charge is 0.234 e. The third-order valence-corrected chi connectivity index (χ3v) is 2.06. The van der Waals surface area contributed by atoms with E-state index in [-0.39, 0.29) is 12.0 Å². The van der Waals surface area contributed by atoms with Crippen LogP contribution in [0.1, 0.15) is 19.8 Å². The lowest BCUT2D eigenvalue weighted by Crippen LogP contribution is -2.37.